The molecule has 1 heterocycles. The standard InChI is InChI=1S/C17H15F2N3O2S/c1-22(9-11-3-5-14(18)15(19)7-11)17-13-8-12(25(2,23)24)4-6-16(13)20-10-21-17/h3-8,10H,9H2,1-2H3. The lowest BCUT2D eigenvalue weighted by Crippen LogP contribution is -2.18. The first-order valence-corrected chi connectivity index (χ1v) is 9.25. The van der Waals surface area contributed by atoms with E-state index < -0.39 is 21.5 Å². The number of halogens is 2. The van der Waals surface area contributed by atoms with Crippen molar-refractivity contribution < 1.29 is 17.2 Å². The average Bonchev–Trinajstić information content (AvgIpc) is 2.56. The molecule has 3 aromatic rings. The molecule has 3 rings (SSSR count). The highest BCUT2D eigenvalue weighted by Crippen LogP contribution is 2.26. The van der Waals surface area contributed by atoms with Crippen LogP contribution in [0, 0.1) is 11.6 Å². The molecule has 2 aromatic carbocycles. The summed E-state index contributed by atoms with van der Waals surface area (Å²) in [7, 11) is -1.64. The number of hydrogen-bond donors (Lipinski definition) is 0. The number of aromatic nitrogens is 2. The van der Waals surface area contributed by atoms with E-state index in [1.807, 2.05) is 0 Å². The second-order valence-corrected chi connectivity index (χ2v) is 7.77. The van der Waals surface area contributed by atoms with Crippen LogP contribution >= 0.6 is 0 Å². The molecule has 0 saturated carbocycles. The van der Waals surface area contributed by atoms with Crippen LogP contribution in [-0.4, -0.2) is 31.7 Å². The Morgan fingerprint density at radius 1 is 1.04 bits per heavy atom. The Morgan fingerprint density at radius 3 is 2.48 bits per heavy atom. The Bertz CT molecular complexity index is 1050. The molecule has 0 fully saturated rings. The number of hydrogen-bond acceptors (Lipinski definition) is 5. The van der Waals surface area contributed by atoms with E-state index in [4.69, 9.17) is 0 Å². The monoisotopic (exact) mass is 363 g/mol. The van der Waals surface area contributed by atoms with E-state index in [2.05, 4.69) is 9.97 Å². The van der Waals surface area contributed by atoms with Gasteiger partial charge in [-0.3, -0.25) is 0 Å². The van der Waals surface area contributed by atoms with Crippen LogP contribution < -0.4 is 4.90 Å². The normalized spacial score (nSPS) is 11.7. The van der Waals surface area contributed by atoms with Crippen LogP contribution in [-0.2, 0) is 16.4 Å². The lowest BCUT2D eigenvalue weighted by molar-refractivity contribution is 0.507. The molecule has 0 aliphatic carbocycles. The molecule has 0 aliphatic rings. The topological polar surface area (TPSA) is 63.2 Å². The van der Waals surface area contributed by atoms with Crippen molar-refractivity contribution in [2.45, 2.75) is 11.4 Å². The van der Waals surface area contributed by atoms with Gasteiger partial charge in [0.1, 0.15) is 12.1 Å². The predicted molar refractivity (Wildman–Crippen MR) is 91.1 cm³/mol. The van der Waals surface area contributed by atoms with Gasteiger partial charge in [-0.15, -0.1) is 0 Å². The third-order valence-electron chi connectivity index (χ3n) is 3.78. The first-order chi connectivity index (χ1) is 11.8. The van der Waals surface area contributed by atoms with E-state index >= 15 is 0 Å². The third kappa shape index (κ3) is 3.58. The average molecular weight is 363 g/mol. The molecule has 0 N–H and O–H groups in total. The summed E-state index contributed by atoms with van der Waals surface area (Å²) in [5, 5.41) is 0.565. The third-order valence-corrected chi connectivity index (χ3v) is 4.89. The minimum atomic E-state index is -3.37. The molecule has 5 nitrogen and oxygen atoms in total. The molecule has 0 atom stereocenters. The number of fused-ring (bicyclic) bond motifs is 1. The largest absolute Gasteiger partial charge is 0.355 e. The maximum absolute atomic E-state index is 13.4. The van der Waals surface area contributed by atoms with Crippen LogP contribution in [0.15, 0.2) is 47.6 Å². The number of anilines is 1. The summed E-state index contributed by atoms with van der Waals surface area (Å²) in [6.07, 6.45) is 2.50. The number of rotatable bonds is 4. The smallest absolute Gasteiger partial charge is 0.175 e. The van der Waals surface area contributed by atoms with Gasteiger partial charge in [0.25, 0.3) is 0 Å². The summed E-state index contributed by atoms with van der Waals surface area (Å²) in [6.45, 7) is 0.270. The molecule has 0 spiro atoms. The van der Waals surface area contributed by atoms with Crippen molar-refractivity contribution in [3.63, 3.8) is 0 Å². The van der Waals surface area contributed by atoms with Crippen LogP contribution in [0.4, 0.5) is 14.6 Å². The van der Waals surface area contributed by atoms with Crippen molar-refractivity contribution in [1.29, 1.82) is 0 Å². The predicted octanol–water partition coefficient (Wildman–Crippen LogP) is 2.95. The number of sulfone groups is 1. The summed E-state index contributed by atoms with van der Waals surface area (Å²) in [6, 6.07) is 8.30. The van der Waals surface area contributed by atoms with Gasteiger partial charge in [0.05, 0.1) is 10.4 Å². The van der Waals surface area contributed by atoms with Crippen LogP contribution in [0.5, 0.6) is 0 Å². The van der Waals surface area contributed by atoms with Gasteiger partial charge < -0.3 is 4.90 Å². The molecule has 8 heteroatoms. The van der Waals surface area contributed by atoms with Gasteiger partial charge in [0.2, 0.25) is 0 Å². The fraction of sp³-hybridized carbons (Fsp3) is 0.176. The molecule has 0 bridgehead atoms. The zero-order valence-electron chi connectivity index (χ0n) is 13.6. The van der Waals surface area contributed by atoms with Crippen molar-refractivity contribution in [1.82, 2.24) is 9.97 Å². The molecule has 0 unspecified atom stereocenters. The highest BCUT2D eigenvalue weighted by molar-refractivity contribution is 7.90. The Morgan fingerprint density at radius 2 is 1.80 bits per heavy atom. The SMILES string of the molecule is CN(Cc1ccc(F)c(F)c1)c1ncnc2ccc(S(C)(=O)=O)cc12. The Balaban J connectivity index is 2.03. The molecule has 130 valence electrons. The second kappa shape index (κ2) is 6.36. The molecule has 0 radical (unpaired) electrons. The minimum absolute atomic E-state index is 0.164. The van der Waals surface area contributed by atoms with E-state index in [0.29, 0.717) is 22.3 Å². The first-order valence-electron chi connectivity index (χ1n) is 7.35. The van der Waals surface area contributed by atoms with Gasteiger partial charge in [-0.25, -0.2) is 27.2 Å². The van der Waals surface area contributed by atoms with Gasteiger partial charge in [0, 0.05) is 25.2 Å². The Labute approximate surface area is 143 Å². The number of nitrogens with zero attached hydrogens (tertiary/aromatic N) is 3. The summed E-state index contributed by atoms with van der Waals surface area (Å²) in [5.74, 6) is -1.32. The van der Waals surface area contributed by atoms with E-state index in [1.54, 1.807) is 18.0 Å². The Hall–Kier alpha value is -2.61. The highest BCUT2D eigenvalue weighted by atomic mass is 32.2. The molecule has 0 saturated heterocycles. The molecular weight excluding hydrogens is 348 g/mol. The molecule has 1 aromatic heterocycles. The summed E-state index contributed by atoms with van der Waals surface area (Å²) >= 11 is 0. The van der Waals surface area contributed by atoms with Crippen molar-refractivity contribution in [3.05, 3.63) is 59.9 Å². The summed E-state index contributed by atoms with van der Waals surface area (Å²) in [4.78, 5) is 10.2. The van der Waals surface area contributed by atoms with E-state index in [9.17, 15) is 17.2 Å². The minimum Gasteiger partial charge on any atom is -0.355 e. The van der Waals surface area contributed by atoms with Gasteiger partial charge in [-0.1, -0.05) is 6.07 Å². The summed E-state index contributed by atoms with van der Waals surface area (Å²) in [5.41, 5.74) is 1.15. The van der Waals surface area contributed by atoms with Crippen molar-refractivity contribution in [3.8, 4) is 0 Å². The maximum atomic E-state index is 13.4. The second-order valence-electron chi connectivity index (χ2n) is 5.75. The molecular formula is C17H15F2N3O2S. The zero-order valence-corrected chi connectivity index (χ0v) is 14.4. The Kier molecular flexibility index (Phi) is 4.38. The molecule has 25 heavy (non-hydrogen) atoms. The van der Waals surface area contributed by atoms with Crippen LogP contribution in [0.3, 0.4) is 0 Å². The van der Waals surface area contributed by atoms with Crippen molar-refractivity contribution in [2.24, 2.45) is 0 Å². The summed E-state index contributed by atoms with van der Waals surface area (Å²) < 4.78 is 50.0. The lowest BCUT2D eigenvalue weighted by atomic mass is 10.2. The quantitative estimate of drug-likeness (QED) is 0.713. The van der Waals surface area contributed by atoms with E-state index in [1.165, 1.54) is 24.5 Å². The molecule has 0 amide bonds. The highest BCUT2D eigenvalue weighted by Gasteiger charge is 2.14. The van der Waals surface area contributed by atoms with Crippen molar-refractivity contribution in [2.75, 3.05) is 18.2 Å². The fourth-order valence-electron chi connectivity index (χ4n) is 2.54. The van der Waals surface area contributed by atoms with Gasteiger partial charge in [0.15, 0.2) is 21.5 Å². The van der Waals surface area contributed by atoms with Crippen molar-refractivity contribution >= 4 is 26.6 Å². The lowest BCUT2D eigenvalue weighted by Gasteiger charge is -2.20. The molecule has 0 aliphatic heterocycles. The van der Waals surface area contributed by atoms with E-state index in [-0.39, 0.29) is 11.4 Å². The first kappa shape index (κ1) is 17.2. The van der Waals surface area contributed by atoms with Crippen LogP contribution in [0.2, 0.25) is 0 Å². The van der Waals surface area contributed by atoms with E-state index in [0.717, 1.165) is 18.4 Å². The van der Waals surface area contributed by atoms with Gasteiger partial charge >= 0.3 is 0 Å². The van der Waals surface area contributed by atoms with Gasteiger partial charge in [-0.2, -0.15) is 0 Å². The van der Waals surface area contributed by atoms with Crippen LogP contribution in [0.1, 0.15) is 5.56 Å². The zero-order chi connectivity index (χ0) is 18.2. The number of benzene rings is 2. The van der Waals surface area contributed by atoms with Gasteiger partial charge in [-0.05, 0) is 35.9 Å². The maximum Gasteiger partial charge on any atom is 0.175 e. The fourth-order valence-corrected chi connectivity index (χ4v) is 3.19. The van der Waals surface area contributed by atoms with Crippen LogP contribution in [0.25, 0.3) is 10.9 Å².